The highest BCUT2D eigenvalue weighted by molar-refractivity contribution is 5.93. The van der Waals surface area contributed by atoms with Crippen LogP contribution in [0.2, 0.25) is 0 Å². The Kier molecular flexibility index (Phi) is 4.86. The summed E-state index contributed by atoms with van der Waals surface area (Å²) in [7, 11) is 0. The van der Waals surface area contributed by atoms with E-state index in [4.69, 9.17) is 9.15 Å². The fourth-order valence-corrected chi connectivity index (χ4v) is 2.63. The molecular weight excluding hydrogens is 284 g/mol. The van der Waals surface area contributed by atoms with Crippen LogP contribution in [0.25, 0.3) is 0 Å². The molecule has 1 aromatic rings. The minimum absolute atomic E-state index is 0.298. The average molecular weight is 304 g/mol. The molecule has 1 saturated carbocycles. The van der Waals surface area contributed by atoms with Crippen molar-refractivity contribution in [1.29, 1.82) is 5.26 Å². The van der Waals surface area contributed by atoms with Crippen LogP contribution in [0.15, 0.2) is 16.7 Å². The van der Waals surface area contributed by atoms with Gasteiger partial charge in [-0.2, -0.15) is 5.26 Å². The summed E-state index contributed by atoms with van der Waals surface area (Å²) in [5, 5.41) is 12.1. The summed E-state index contributed by atoms with van der Waals surface area (Å²) in [6.45, 7) is 3.14. The van der Waals surface area contributed by atoms with E-state index < -0.39 is 23.5 Å². The van der Waals surface area contributed by atoms with Gasteiger partial charge in [0.2, 0.25) is 0 Å². The van der Waals surface area contributed by atoms with Crippen molar-refractivity contribution >= 4 is 11.9 Å². The number of hydrogen-bond donors (Lipinski definition) is 1. The van der Waals surface area contributed by atoms with Crippen molar-refractivity contribution in [2.75, 3.05) is 0 Å². The van der Waals surface area contributed by atoms with E-state index in [1.165, 1.54) is 19.3 Å². The summed E-state index contributed by atoms with van der Waals surface area (Å²) in [6.07, 6.45) is 4.60. The van der Waals surface area contributed by atoms with Crippen LogP contribution in [0.4, 0.5) is 0 Å². The number of ether oxygens (including phenoxy) is 1. The Bertz CT molecular complexity index is 594. The molecule has 1 aliphatic rings. The fraction of sp³-hybridized carbons (Fsp3) is 0.562. The third-order valence-corrected chi connectivity index (χ3v) is 4.02. The summed E-state index contributed by atoms with van der Waals surface area (Å²) >= 11 is 0. The first-order chi connectivity index (χ1) is 10.5. The van der Waals surface area contributed by atoms with Gasteiger partial charge in [0.15, 0.2) is 6.10 Å². The standard InChI is InChI=1S/C16H20N2O4/c1-11-13(6-9-21-11)15(20)22-12(2)14(19)18-16(10-17)7-4-3-5-8-16/h6,9,12H,3-5,7-8H2,1-2H3,(H,18,19)/t12-/m1/s1. The predicted octanol–water partition coefficient (Wildman–Crippen LogP) is 2.48. The van der Waals surface area contributed by atoms with Gasteiger partial charge in [-0.3, -0.25) is 4.79 Å². The van der Waals surface area contributed by atoms with E-state index in [9.17, 15) is 14.9 Å². The van der Waals surface area contributed by atoms with Crippen molar-refractivity contribution in [2.24, 2.45) is 0 Å². The van der Waals surface area contributed by atoms with Gasteiger partial charge in [-0.15, -0.1) is 0 Å². The molecular formula is C16H20N2O4. The molecule has 1 fully saturated rings. The molecule has 0 bridgehead atoms. The first-order valence-electron chi connectivity index (χ1n) is 7.46. The van der Waals surface area contributed by atoms with E-state index >= 15 is 0 Å². The number of rotatable bonds is 4. The lowest BCUT2D eigenvalue weighted by atomic mass is 9.83. The minimum atomic E-state index is -0.964. The minimum Gasteiger partial charge on any atom is -0.469 e. The van der Waals surface area contributed by atoms with Crippen molar-refractivity contribution in [3.63, 3.8) is 0 Å². The lowest BCUT2D eigenvalue weighted by molar-refractivity contribution is -0.130. The van der Waals surface area contributed by atoms with Crippen molar-refractivity contribution in [3.8, 4) is 6.07 Å². The lowest BCUT2D eigenvalue weighted by Gasteiger charge is -2.32. The first kappa shape index (κ1) is 16.1. The molecule has 22 heavy (non-hydrogen) atoms. The number of hydrogen-bond acceptors (Lipinski definition) is 5. The molecule has 1 aliphatic carbocycles. The Morgan fingerprint density at radius 3 is 2.64 bits per heavy atom. The van der Waals surface area contributed by atoms with Crippen LogP contribution >= 0.6 is 0 Å². The number of nitrogens with one attached hydrogen (secondary N) is 1. The van der Waals surface area contributed by atoms with Crippen LogP contribution in [0.5, 0.6) is 0 Å². The quantitative estimate of drug-likeness (QED) is 0.863. The third kappa shape index (κ3) is 3.48. The van der Waals surface area contributed by atoms with Crippen LogP contribution in [-0.4, -0.2) is 23.5 Å². The normalized spacial score (nSPS) is 18.0. The number of esters is 1. The zero-order chi connectivity index (χ0) is 16.2. The molecule has 6 nitrogen and oxygen atoms in total. The van der Waals surface area contributed by atoms with Crippen LogP contribution in [0.3, 0.4) is 0 Å². The molecule has 0 spiro atoms. The molecule has 1 heterocycles. The van der Waals surface area contributed by atoms with Crippen LogP contribution in [0, 0.1) is 18.3 Å². The van der Waals surface area contributed by atoms with Gasteiger partial charge in [0.25, 0.3) is 5.91 Å². The second-order valence-corrected chi connectivity index (χ2v) is 5.68. The smallest absolute Gasteiger partial charge is 0.342 e. The monoisotopic (exact) mass is 304 g/mol. The number of furan rings is 1. The SMILES string of the molecule is Cc1occc1C(=O)O[C@H](C)C(=O)NC1(C#N)CCCCC1. The number of nitriles is 1. The van der Waals surface area contributed by atoms with Crippen LogP contribution in [-0.2, 0) is 9.53 Å². The van der Waals surface area contributed by atoms with E-state index in [0.29, 0.717) is 24.2 Å². The summed E-state index contributed by atoms with van der Waals surface area (Å²) in [6, 6.07) is 3.71. The van der Waals surface area contributed by atoms with Gasteiger partial charge >= 0.3 is 5.97 Å². The Morgan fingerprint density at radius 1 is 1.41 bits per heavy atom. The number of carbonyl (C=O) groups excluding carboxylic acids is 2. The second kappa shape index (κ2) is 6.65. The molecule has 1 N–H and O–H groups in total. The highest BCUT2D eigenvalue weighted by atomic mass is 16.5. The molecule has 0 saturated heterocycles. The average Bonchev–Trinajstić information content (AvgIpc) is 2.94. The van der Waals surface area contributed by atoms with E-state index in [1.54, 1.807) is 6.92 Å². The van der Waals surface area contributed by atoms with Crippen molar-refractivity contribution < 1.29 is 18.7 Å². The third-order valence-electron chi connectivity index (χ3n) is 4.02. The van der Waals surface area contributed by atoms with Crippen molar-refractivity contribution in [1.82, 2.24) is 5.32 Å². The highest BCUT2D eigenvalue weighted by Crippen LogP contribution is 2.27. The number of carbonyl (C=O) groups is 2. The highest BCUT2D eigenvalue weighted by Gasteiger charge is 2.35. The molecule has 0 radical (unpaired) electrons. The summed E-state index contributed by atoms with van der Waals surface area (Å²) in [5.41, 5.74) is -0.533. The number of amides is 1. The predicted molar refractivity (Wildman–Crippen MR) is 77.9 cm³/mol. The maximum Gasteiger partial charge on any atom is 0.342 e. The Hall–Kier alpha value is -2.29. The zero-order valence-electron chi connectivity index (χ0n) is 12.8. The van der Waals surface area contributed by atoms with Gasteiger partial charge in [-0.05, 0) is 32.8 Å². The molecule has 1 amide bonds. The van der Waals surface area contributed by atoms with E-state index in [0.717, 1.165) is 19.3 Å². The van der Waals surface area contributed by atoms with E-state index in [2.05, 4.69) is 11.4 Å². The van der Waals surface area contributed by atoms with Gasteiger partial charge < -0.3 is 14.5 Å². The molecule has 0 aromatic carbocycles. The summed E-state index contributed by atoms with van der Waals surface area (Å²) < 4.78 is 10.2. The molecule has 1 aromatic heterocycles. The fourth-order valence-electron chi connectivity index (χ4n) is 2.63. The van der Waals surface area contributed by atoms with Gasteiger partial charge in [-0.1, -0.05) is 19.3 Å². The van der Waals surface area contributed by atoms with Crippen molar-refractivity contribution in [2.45, 2.75) is 57.6 Å². The molecule has 118 valence electrons. The second-order valence-electron chi connectivity index (χ2n) is 5.68. The Labute approximate surface area is 129 Å². The van der Waals surface area contributed by atoms with E-state index in [-0.39, 0.29) is 0 Å². The van der Waals surface area contributed by atoms with E-state index in [1.807, 2.05) is 0 Å². The number of nitrogens with zero attached hydrogens (tertiary/aromatic N) is 1. The molecule has 0 unspecified atom stereocenters. The molecule has 6 heteroatoms. The van der Waals surface area contributed by atoms with Gasteiger partial charge in [-0.25, -0.2) is 4.79 Å². The van der Waals surface area contributed by atoms with Gasteiger partial charge in [0.05, 0.1) is 12.3 Å². The number of aryl methyl sites for hydroxylation is 1. The lowest BCUT2D eigenvalue weighted by Crippen LogP contribution is -2.52. The Morgan fingerprint density at radius 2 is 2.09 bits per heavy atom. The largest absolute Gasteiger partial charge is 0.469 e. The van der Waals surface area contributed by atoms with Crippen LogP contribution in [0.1, 0.15) is 55.1 Å². The maximum atomic E-state index is 12.2. The molecule has 1 atom stereocenters. The Balaban J connectivity index is 1.96. The van der Waals surface area contributed by atoms with Gasteiger partial charge in [0, 0.05) is 0 Å². The maximum absolute atomic E-state index is 12.2. The molecule has 2 rings (SSSR count). The van der Waals surface area contributed by atoms with Crippen molar-refractivity contribution in [3.05, 3.63) is 23.7 Å². The topological polar surface area (TPSA) is 92.3 Å². The summed E-state index contributed by atoms with van der Waals surface area (Å²) in [5.74, 6) is -0.611. The zero-order valence-corrected chi connectivity index (χ0v) is 12.8. The van der Waals surface area contributed by atoms with Crippen LogP contribution < -0.4 is 5.32 Å². The molecule has 0 aliphatic heterocycles. The first-order valence-corrected chi connectivity index (χ1v) is 7.46. The van der Waals surface area contributed by atoms with Gasteiger partial charge in [0.1, 0.15) is 16.9 Å². The summed E-state index contributed by atoms with van der Waals surface area (Å²) in [4.78, 5) is 24.2.